The molecular weight excluding hydrogens is 213 g/mol. The normalized spacial score (nSPS) is 12.5. The summed E-state index contributed by atoms with van der Waals surface area (Å²) < 4.78 is 38.0. The van der Waals surface area contributed by atoms with Crippen LogP contribution in [0.15, 0.2) is 12.1 Å². The van der Waals surface area contributed by atoms with Crippen molar-refractivity contribution in [3.8, 4) is 0 Å². The van der Waals surface area contributed by atoms with Gasteiger partial charge in [0.1, 0.15) is 6.67 Å². The molecule has 0 heterocycles. The quantitative estimate of drug-likeness (QED) is 0.812. The highest BCUT2D eigenvalue weighted by Crippen LogP contribution is 2.22. The standard InChI is InChI=1S/C9H7F3O3/c10-3-4-1-5(8(13)9(14)15)7(12)6(11)2-4/h1-2,8,13H,3H2,(H,14,15). The van der Waals surface area contributed by atoms with Gasteiger partial charge in [0.25, 0.3) is 0 Å². The van der Waals surface area contributed by atoms with Gasteiger partial charge in [0.15, 0.2) is 17.7 Å². The smallest absolute Gasteiger partial charge is 0.337 e. The lowest BCUT2D eigenvalue weighted by Gasteiger charge is -2.09. The lowest BCUT2D eigenvalue weighted by Crippen LogP contribution is -2.13. The SMILES string of the molecule is O=C(O)C(O)c1cc(CF)cc(F)c1F. The summed E-state index contributed by atoms with van der Waals surface area (Å²) in [5.74, 6) is -4.60. The third kappa shape index (κ3) is 2.27. The first-order valence-corrected chi connectivity index (χ1v) is 3.92. The van der Waals surface area contributed by atoms with Crippen LogP contribution in [0.5, 0.6) is 0 Å². The first kappa shape index (κ1) is 11.5. The zero-order valence-electron chi connectivity index (χ0n) is 7.38. The van der Waals surface area contributed by atoms with E-state index in [1.807, 2.05) is 0 Å². The molecule has 15 heavy (non-hydrogen) atoms. The van der Waals surface area contributed by atoms with Gasteiger partial charge >= 0.3 is 5.97 Å². The second-order valence-corrected chi connectivity index (χ2v) is 2.86. The van der Waals surface area contributed by atoms with Crippen molar-refractivity contribution in [2.24, 2.45) is 0 Å². The van der Waals surface area contributed by atoms with E-state index in [0.29, 0.717) is 6.07 Å². The summed E-state index contributed by atoms with van der Waals surface area (Å²) in [6.45, 7) is -1.07. The molecule has 0 fully saturated rings. The minimum atomic E-state index is -2.20. The largest absolute Gasteiger partial charge is 0.479 e. The summed E-state index contributed by atoms with van der Waals surface area (Å²) in [7, 11) is 0. The summed E-state index contributed by atoms with van der Waals surface area (Å²) in [4.78, 5) is 10.3. The molecule has 1 aromatic rings. The molecule has 1 unspecified atom stereocenters. The molecule has 0 aromatic heterocycles. The van der Waals surface area contributed by atoms with E-state index < -0.39 is 35.9 Å². The second-order valence-electron chi connectivity index (χ2n) is 2.86. The number of aliphatic carboxylic acids is 1. The van der Waals surface area contributed by atoms with Gasteiger partial charge in [-0.1, -0.05) is 0 Å². The highest BCUT2D eigenvalue weighted by atomic mass is 19.2. The van der Waals surface area contributed by atoms with Crippen molar-refractivity contribution in [2.45, 2.75) is 12.8 Å². The van der Waals surface area contributed by atoms with Gasteiger partial charge in [0, 0.05) is 5.56 Å². The Morgan fingerprint density at radius 3 is 2.47 bits per heavy atom. The molecule has 0 amide bonds. The number of rotatable bonds is 3. The maximum absolute atomic E-state index is 13.0. The van der Waals surface area contributed by atoms with Gasteiger partial charge in [0.2, 0.25) is 0 Å². The Bertz CT molecular complexity index is 392. The number of benzene rings is 1. The average Bonchev–Trinajstić information content (AvgIpc) is 2.20. The molecule has 0 bridgehead atoms. The lowest BCUT2D eigenvalue weighted by atomic mass is 10.1. The van der Waals surface area contributed by atoms with Gasteiger partial charge in [-0.2, -0.15) is 0 Å². The van der Waals surface area contributed by atoms with E-state index in [0.717, 1.165) is 6.07 Å². The third-order valence-electron chi connectivity index (χ3n) is 1.80. The number of aliphatic hydroxyl groups is 1. The Hall–Kier alpha value is -1.56. The Balaban J connectivity index is 3.27. The molecule has 6 heteroatoms. The van der Waals surface area contributed by atoms with Crippen LogP contribution in [0.1, 0.15) is 17.2 Å². The van der Waals surface area contributed by atoms with Crippen molar-refractivity contribution < 1.29 is 28.2 Å². The maximum Gasteiger partial charge on any atom is 0.337 e. The molecule has 3 nitrogen and oxygen atoms in total. The first-order chi connectivity index (χ1) is 6.97. The maximum atomic E-state index is 13.0. The van der Waals surface area contributed by atoms with Crippen LogP contribution in [-0.2, 0) is 11.5 Å². The summed E-state index contributed by atoms with van der Waals surface area (Å²) in [6.07, 6.45) is -2.20. The van der Waals surface area contributed by atoms with Crippen LogP contribution >= 0.6 is 0 Å². The van der Waals surface area contributed by atoms with Crippen molar-refractivity contribution in [2.75, 3.05) is 0 Å². The average molecular weight is 220 g/mol. The lowest BCUT2D eigenvalue weighted by molar-refractivity contribution is -0.147. The number of aliphatic hydroxyl groups excluding tert-OH is 1. The molecule has 0 saturated carbocycles. The van der Waals surface area contributed by atoms with Crippen molar-refractivity contribution >= 4 is 5.97 Å². The van der Waals surface area contributed by atoms with Crippen LogP contribution in [0.2, 0.25) is 0 Å². The summed E-state index contributed by atoms with van der Waals surface area (Å²) in [5, 5.41) is 17.4. The number of alkyl halides is 1. The molecule has 82 valence electrons. The van der Waals surface area contributed by atoms with Crippen molar-refractivity contribution in [3.05, 3.63) is 34.9 Å². The molecule has 0 aliphatic carbocycles. The van der Waals surface area contributed by atoms with E-state index in [9.17, 15) is 18.0 Å². The third-order valence-corrected chi connectivity index (χ3v) is 1.80. The second kappa shape index (κ2) is 4.31. The number of carbonyl (C=O) groups is 1. The Morgan fingerprint density at radius 1 is 1.40 bits per heavy atom. The Kier molecular flexibility index (Phi) is 3.31. The molecule has 2 N–H and O–H groups in total. The Morgan fingerprint density at radius 2 is 2.00 bits per heavy atom. The van der Waals surface area contributed by atoms with Crippen LogP contribution in [-0.4, -0.2) is 16.2 Å². The Labute approximate surface area is 82.8 Å². The van der Waals surface area contributed by atoms with Gasteiger partial charge in [-0.3, -0.25) is 0 Å². The van der Waals surface area contributed by atoms with Crippen LogP contribution in [0.3, 0.4) is 0 Å². The van der Waals surface area contributed by atoms with E-state index >= 15 is 0 Å². The fraction of sp³-hybridized carbons (Fsp3) is 0.222. The zero-order chi connectivity index (χ0) is 11.6. The first-order valence-electron chi connectivity index (χ1n) is 3.92. The van der Waals surface area contributed by atoms with Crippen molar-refractivity contribution in [3.63, 3.8) is 0 Å². The van der Waals surface area contributed by atoms with E-state index in [2.05, 4.69) is 0 Å². The molecule has 0 radical (unpaired) electrons. The van der Waals surface area contributed by atoms with E-state index in [1.54, 1.807) is 0 Å². The minimum Gasteiger partial charge on any atom is -0.479 e. The predicted molar refractivity (Wildman–Crippen MR) is 43.8 cm³/mol. The molecule has 0 aliphatic heterocycles. The number of halogens is 3. The molecular formula is C9H7F3O3. The monoisotopic (exact) mass is 220 g/mol. The fourth-order valence-corrected chi connectivity index (χ4v) is 1.08. The van der Waals surface area contributed by atoms with Gasteiger partial charge in [-0.15, -0.1) is 0 Å². The molecule has 1 atom stereocenters. The number of hydrogen-bond donors (Lipinski definition) is 2. The molecule has 0 spiro atoms. The highest BCUT2D eigenvalue weighted by Gasteiger charge is 2.23. The molecule has 1 aromatic carbocycles. The van der Waals surface area contributed by atoms with Crippen LogP contribution in [0.4, 0.5) is 13.2 Å². The zero-order valence-corrected chi connectivity index (χ0v) is 7.38. The summed E-state index contributed by atoms with van der Waals surface area (Å²) in [6, 6.07) is 1.38. The van der Waals surface area contributed by atoms with Gasteiger partial charge in [-0.25, -0.2) is 18.0 Å². The summed E-state index contributed by atoms with van der Waals surface area (Å²) >= 11 is 0. The van der Waals surface area contributed by atoms with Crippen molar-refractivity contribution in [1.82, 2.24) is 0 Å². The minimum absolute atomic E-state index is 0.232. The van der Waals surface area contributed by atoms with Gasteiger partial charge in [-0.05, 0) is 17.7 Å². The van der Waals surface area contributed by atoms with Crippen LogP contribution in [0.25, 0.3) is 0 Å². The number of hydrogen-bond acceptors (Lipinski definition) is 2. The van der Waals surface area contributed by atoms with Crippen LogP contribution < -0.4 is 0 Å². The van der Waals surface area contributed by atoms with Crippen molar-refractivity contribution in [1.29, 1.82) is 0 Å². The predicted octanol–water partition coefficient (Wildman–Crippen LogP) is 1.55. The summed E-state index contributed by atoms with van der Waals surface area (Å²) in [5.41, 5.74) is -1.01. The van der Waals surface area contributed by atoms with E-state index in [1.165, 1.54) is 0 Å². The van der Waals surface area contributed by atoms with Gasteiger partial charge < -0.3 is 10.2 Å². The molecule has 1 rings (SSSR count). The number of carboxylic acids is 1. The molecule has 0 aliphatic rings. The topological polar surface area (TPSA) is 57.5 Å². The van der Waals surface area contributed by atoms with E-state index in [-0.39, 0.29) is 5.56 Å². The fourth-order valence-electron chi connectivity index (χ4n) is 1.08. The van der Waals surface area contributed by atoms with Crippen LogP contribution in [0, 0.1) is 11.6 Å². The number of carboxylic acid groups (broad SMARTS) is 1. The molecule has 0 saturated heterocycles. The highest BCUT2D eigenvalue weighted by molar-refractivity contribution is 5.74. The van der Waals surface area contributed by atoms with E-state index in [4.69, 9.17) is 10.2 Å². The van der Waals surface area contributed by atoms with Gasteiger partial charge in [0.05, 0.1) is 0 Å².